The Balaban J connectivity index is 2.59. The molecule has 0 unspecified atom stereocenters. The highest BCUT2D eigenvalue weighted by Crippen LogP contribution is 2.24. The van der Waals surface area contributed by atoms with Gasteiger partial charge in [0.15, 0.2) is 0 Å². The molecule has 0 spiro atoms. The molecule has 0 saturated heterocycles. The van der Waals surface area contributed by atoms with E-state index in [9.17, 15) is 14.9 Å². The molecule has 0 atom stereocenters. The highest BCUT2D eigenvalue weighted by Gasteiger charge is 2.20. The van der Waals surface area contributed by atoms with Crippen LogP contribution in [-0.4, -0.2) is 22.6 Å². The molecule has 0 fully saturated rings. The molecule has 1 aromatic rings. The number of aromatic carboxylic acids is 1. The van der Waals surface area contributed by atoms with Gasteiger partial charge in [-0.05, 0) is 31.7 Å². The molecule has 0 bridgehead atoms. The zero-order chi connectivity index (χ0) is 15.0. The van der Waals surface area contributed by atoms with E-state index in [1.165, 1.54) is 12.1 Å². The van der Waals surface area contributed by atoms with E-state index < -0.39 is 16.6 Å². The van der Waals surface area contributed by atoms with Crippen LogP contribution in [0, 0.1) is 10.1 Å². The van der Waals surface area contributed by atoms with Crippen LogP contribution in [0.3, 0.4) is 0 Å². The lowest BCUT2D eigenvalue weighted by atomic mass is 10.1. The SMILES string of the molecule is C=CCCCCCOc1ccc([N+](=O)[O-])c(C(=O)O)c1. The molecule has 1 rings (SSSR count). The third-order valence-electron chi connectivity index (χ3n) is 2.72. The number of hydrogen-bond donors (Lipinski definition) is 1. The number of hydrogen-bond acceptors (Lipinski definition) is 4. The molecular weight excluding hydrogens is 262 g/mol. The maximum Gasteiger partial charge on any atom is 0.342 e. The number of unbranched alkanes of at least 4 members (excludes halogenated alkanes) is 3. The van der Waals surface area contributed by atoms with Crippen LogP contribution in [0.1, 0.15) is 36.0 Å². The van der Waals surface area contributed by atoms with E-state index in [1.807, 2.05) is 6.08 Å². The topological polar surface area (TPSA) is 89.7 Å². The fraction of sp³-hybridized carbons (Fsp3) is 0.357. The zero-order valence-electron chi connectivity index (χ0n) is 11.1. The lowest BCUT2D eigenvalue weighted by Gasteiger charge is -2.07. The Morgan fingerprint density at radius 1 is 1.40 bits per heavy atom. The van der Waals surface area contributed by atoms with Gasteiger partial charge in [-0.2, -0.15) is 0 Å². The summed E-state index contributed by atoms with van der Waals surface area (Å²) in [6, 6.07) is 3.75. The summed E-state index contributed by atoms with van der Waals surface area (Å²) in [5.41, 5.74) is -0.796. The van der Waals surface area contributed by atoms with Gasteiger partial charge in [-0.1, -0.05) is 6.08 Å². The van der Waals surface area contributed by atoms with Gasteiger partial charge in [0.05, 0.1) is 11.5 Å². The first-order valence-electron chi connectivity index (χ1n) is 6.31. The largest absolute Gasteiger partial charge is 0.494 e. The third-order valence-corrected chi connectivity index (χ3v) is 2.72. The van der Waals surface area contributed by atoms with Crippen LogP contribution in [0.2, 0.25) is 0 Å². The lowest BCUT2D eigenvalue weighted by molar-refractivity contribution is -0.385. The average Bonchev–Trinajstić information content (AvgIpc) is 2.42. The summed E-state index contributed by atoms with van der Waals surface area (Å²) in [5, 5.41) is 19.6. The van der Waals surface area contributed by atoms with Crippen molar-refractivity contribution in [1.29, 1.82) is 0 Å². The van der Waals surface area contributed by atoms with Crippen molar-refractivity contribution < 1.29 is 19.6 Å². The number of nitro benzene ring substituents is 1. The van der Waals surface area contributed by atoms with Crippen LogP contribution in [0.25, 0.3) is 0 Å². The predicted molar refractivity (Wildman–Crippen MR) is 74.2 cm³/mol. The molecule has 0 aromatic heterocycles. The van der Waals surface area contributed by atoms with Gasteiger partial charge in [0.25, 0.3) is 5.69 Å². The van der Waals surface area contributed by atoms with Crippen molar-refractivity contribution in [2.24, 2.45) is 0 Å². The fourth-order valence-electron chi connectivity index (χ4n) is 1.69. The number of rotatable bonds is 9. The first-order valence-corrected chi connectivity index (χ1v) is 6.31. The van der Waals surface area contributed by atoms with E-state index in [0.717, 1.165) is 31.7 Å². The summed E-state index contributed by atoms with van der Waals surface area (Å²) in [7, 11) is 0. The van der Waals surface area contributed by atoms with Crippen molar-refractivity contribution >= 4 is 11.7 Å². The summed E-state index contributed by atoms with van der Waals surface area (Å²) >= 11 is 0. The van der Waals surface area contributed by atoms with Crippen LogP contribution in [0.4, 0.5) is 5.69 Å². The molecule has 0 radical (unpaired) electrons. The first kappa shape index (κ1) is 15.7. The monoisotopic (exact) mass is 279 g/mol. The number of ether oxygens (including phenoxy) is 1. The van der Waals surface area contributed by atoms with Gasteiger partial charge in [0, 0.05) is 12.1 Å². The molecule has 0 aliphatic heterocycles. The van der Waals surface area contributed by atoms with E-state index >= 15 is 0 Å². The van der Waals surface area contributed by atoms with E-state index in [4.69, 9.17) is 9.84 Å². The molecule has 6 heteroatoms. The molecule has 1 aromatic carbocycles. The van der Waals surface area contributed by atoms with Gasteiger partial charge in [-0.15, -0.1) is 6.58 Å². The molecule has 0 aliphatic rings. The maximum atomic E-state index is 11.0. The minimum Gasteiger partial charge on any atom is -0.494 e. The second-order valence-corrected chi connectivity index (χ2v) is 4.23. The zero-order valence-corrected chi connectivity index (χ0v) is 11.1. The van der Waals surface area contributed by atoms with Gasteiger partial charge >= 0.3 is 5.97 Å². The van der Waals surface area contributed by atoms with Crippen molar-refractivity contribution in [2.45, 2.75) is 25.7 Å². The van der Waals surface area contributed by atoms with Crippen molar-refractivity contribution in [3.63, 3.8) is 0 Å². The van der Waals surface area contributed by atoms with Crippen LogP contribution >= 0.6 is 0 Å². The number of carboxylic acid groups (broad SMARTS) is 1. The minimum atomic E-state index is -1.34. The van der Waals surface area contributed by atoms with Crippen molar-refractivity contribution in [3.8, 4) is 5.75 Å². The average molecular weight is 279 g/mol. The van der Waals surface area contributed by atoms with Gasteiger partial charge < -0.3 is 9.84 Å². The van der Waals surface area contributed by atoms with E-state index in [0.29, 0.717) is 12.4 Å². The molecule has 0 aliphatic carbocycles. The quantitative estimate of drug-likeness (QED) is 0.324. The van der Waals surface area contributed by atoms with Crippen LogP contribution < -0.4 is 4.74 Å². The molecule has 6 nitrogen and oxygen atoms in total. The fourth-order valence-corrected chi connectivity index (χ4v) is 1.69. The van der Waals surface area contributed by atoms with Crippen LogP contribution in [0.15, 0.2) is 30.9 Å². The summed E-state index contributed by atoms with van der Waals surface area (Å²) in [4.78, 5) is 20.9. The Hall–Kier alpha value is -2.37. The van der Waals surface area contributed by atoms with Gasteiger partial charge in [0.1, 0.15) is 11.3 Å². The lowest BCUT2D eigenvalue weighted by Crippen LogP contribution is -2.04. The van der Waals surface area contributed by atoms with E-state index in [2.05, 4.69) is 6.58 Å². The van der Waals surface area contributed by atoms with Gasteiger partial charge in [0.2, 0.25) is 0 Å². The summed E-state index contributed by atoms with van der Waals surface area (Å²) < 4.78 is 5.40. The number of nitro groups is 1. The smallest absolute Gasteiger partial charge is 0.342 e. The molecule has 0 heterocycles. The van der Waals surface area contributed by atoms with Crippen LogP contribution in [0.5, 0.6) is 5.75 Å². The Morgan fingerprint density at radius 3 is 2.75 bits per heavy atom. The van der Waals surface area contributed by atoms with Crippen molar-refractivity contribution in [1.82, 2.24) is 0 Å². The summed E-state index contributed by atoms with van der Waals surface area (Å²) in [6.07, 6.45) is 5.68. The minimum absolute atomic E-state index is 0.330. The van der Waals surface area contributed by atoms with E-state index in [-0.39, 0.29) is 5.56 Å². The number of carboxylic acids is 1. The summed E-state index contributed by atoms with van der Waals surface area (Å²) in [5.74, 6) is -1.01. The number of allylic oxidation sites excluding steroid dienone is 1. The van der Waals surface area contributed by atoms with Gasteiger partial charge in [-0.25, -0.2) is 4.79 Å². The highest BCUT2D eigenvalue weighted by molar-refractivity contribution is 5.92. The molecule has 1 N–H and O–H groups in total. The second-order valence-electron chi connectivity index (χ2n) is 4.23. The number of carbonyl (C=O) groups is 1. The van der Waals surface area contributed by atoms with Crippen LogP contribution in [-0.2, 0) is 0 Å². The Morgan fingerprint density at radius 2 is 2.15 bits per heavy atom. The maximum absolute atomic E-state index is 11.0. The molecule has 108 valence electrons. The highest BCUT2D eigenvalue weighted by atomic mass is 16.6. The van der Waals surface area contributed by atoms with Crippen molar-refractivity contribution in [3.05, 3.63) is 46.5 Å². The Kier molecular flexibility index (Phi) is 6.22. The standard InChI is InChI=1S/C14H17NO5/c1-2-3-4-5-6-9-20-11-7-8-13(15(18)19)12(10-11)14(16)17/h2,7-8,10H,1,3-6,9H2,(H,16,17). The normalized spacial score (nSPS) is 10.0. The number of benzene rings is 1. The van der Waals surface area contributed by atoms with E-state index in [1.54, 1.807) is 0 Å². The Bertz CT molecular complexity index is 498. The van der Waals surface area contributed by atoms with Crippen molar-refractivity contribution in [2.75, 3.05) is 6.61 Å². The molecular formula is C14H17NO5. The molecule has 0 amide bonds. The third kappa shape index (κ3) is 4.72. The Labute approximate surface area is 116 Å². The second kappa shape index (κ2) is 7.93. The first-order chi connectivity index (χ1) is 9.56. The predicted octanol–water partition coefficient (Wildman–Crippen LogP) is 3.42. The molecule has 0 saturated carbocycles. The number of nitrogens with zero attached hydrogens (tertiary/aromatic N) is 1. The molecule has 20 heavy (non-hydrogen) atoms. The van der Waals surface area contributed by atoms with Gasteiger partial charge in [-0.3, -0.25) is 10.1 Å². The summed E-state index contributed by atoms with van der Waals surface area (Å²) in [6.45, 7) is 4.09.